The minimum atomic E-state index is -3.62. The van der Waals surface area contributed by atoms with Crippen molar-refractivity contribution in [2.75, 3.05) is 39.8 Å². The van der Waals surface area contributed by atoms with Gasteiger partial charge < -0.3 is 9.80 Å². The van der Waals surface area contributed by atoms with Crippen LogP contribution in [0.3, 0.4) is 0 Å². The molecule has 0 aliphatic carbocycles. The maximum absolute atomic E-state index is 12.5. The third-order valence-electron chi connectivity index (χ3n) is 4.73. The maximum Gasteiger partial charge on any atom is 0.240 e. The van der Waals surface area contributed by atoms with Gasteiger partial charge in [-0.2, -0.15) is 0 Å². The molecule has 1 heterocycles. The highest BCUT2D eigenvalue weighted by molar-refractivity contribution is 7.89. The lowest BCUT2D eigenvalue weighted by molar-refractivity contribution is -0.130. The van der Waals surface area contributed by atoms with Crippen molar-refractivity contribution < 1.29 is 13.2 Å². The summed E-state index contributed by atoms with van der Waals surface area (Å²) in [6, 6.07) is 12.7. The van der Waals surface area contributed by atoms with Crippen molar-refractivity contribution >= 4 is 26.7 Å². The summed E-state index contributed by atoms with van der Waals surface area (Å²) in [7, 11) is -1.58. The highest BCUT2D eigenvalue weighted by Gasteiger charge is 2.19. The summed E-state index contributed by atoms with van der Waals surface area (Å²) < 4.78 is 27.5. The molecule has 0 atom stereocenters. The molecule has 0 saturated carbocycles. The van der Waals surface area contributed by atoms with E-state index in [9.17, 15) is 13.2 Å². The topological polar surface area (TPSA) is 69.7 Å². The number of fused-ring (bicyclic) bond motifs is 1. The van der Waals surface area contributed by atoms with E-state index in [1.807, 2.05) is 36.2 Å². The van der Waals surface area contributed by atoms with Gasteiger partial charge in [0, 0.05) is 32.6 Å². The fourth-order valence-corrected chi connectivity index (χ4v) is 4.23. The van der Waals surface area contributed by atoms with Gasteiger partial charge in [0.2, 0.25) is 15.9 Å². The smallest absolute Gasteiger partial charge is 0.240 e. The van der Waals surface area contributed by atoms with Crippen LogP contribution < -0.4 is 4.72 Å². The zero-order chi connectivity index (χ0) is 18.6. The second-order valence-electron chi connectivity index (χ2n) is 6.69. The molecular weight excluding hydrogens is 350 g/mol. The largest absolute Gasteiger partial charge is 0.341 e. The average Bonchev–Trinajstić information content (AvgIpc) is 2.85. The summed E-state index contributed by atoms with van der Waals surface area (Å²) in [5, 5.41) is 1.87. The Kier molecular flexibility index (Phi) is 5.90. The second kappa shape index (κ2) is 8.16. The van der Waals surface area contributed by atoms with E-state index < -0.39 is 10.0 Å². The summed E-state index contributed by atoms with van der Waals surface area (Å²) >= 11 is 0. The van der Waals surface area contributed by atoms with Crippen molar-refractivity contribution in [3.8, 4) is 0 Å². The number of rotatable bonds is 5. The van der Waals surface area contributed by atoms with Crippen molar-refractivity contribution in [1.82, 2.24) is 14.5 Å². The number of likely N-dealkylation sites (N-methyl/N-ethyl adjacent to an activating group) is 1. The first-order valence-corrected chi connectivity index (χ1v) is 10.4. The molecule has 7 heteroatoms. The van der Waals surface area contributed by atoms with E-state index in [4.69, 9.17) is 0 Å². The third kappa shape index (κ3) is 4.60. The highest BCUT2D eigenvalue weighted by Crippen LogP contribution is 2.18. The van der Waals surface area contributed by atoms with Gasteiger partial charge in [-0.05, 0) is 42.9 Å². The van der Waals surface area contributed by atoms with E-state index in [1.165, 1.54) is 0 Å². The Labute approximate surface area is 154 Å². The van der Waals surface area contributed by atoms with Gasteiger partial charge in [-0.25, -0.2) is 13.1 Å². The molecule has 0 spiro atoms. The van der Waals surface area contributed by atoms with Crippen LogP contribution in [-0.4, -0.2) is 63.9 Å². The first-order valence-electron chi connectivity index (χ1n) is 8.90. The van der Waals surface area contributed by atoms with Crippen molar-refractivity contribution in [3.63, 3.8) is 0 Å². The molecule has 1 amide bonds. The van der Waals surface area contributed by atoms with Gasteiger partial charge in [-0.15, -0.1) is 0 Å². The summed E-state index contributed by atoms with van der Waals surface area (Å²) in [5.74, 6) is 0.00140. The fraction of sp³-hybridized carbons (Fsp3) is 0.421. The van der Waals surface area contributed by atoms with Crippen LogP contribution in [0.5, 0.6) is 0 Å². The molecule has 0 unspecified atom stereocenters. The van der Waals surface area contributed by atoms with E-state index in [2.05, 4.69) is 9.62 Å². The summed E-state index contributed by atoms with van der Waals surface area (Å²) in [6.45, 7) is 3.39. The molecular formula is C19H25N3O3S. The second-order valence-corrected chi connectivity index (χ2v) is 8.46. The number of hydrogen-bond donors (Lipinski definition) is 1. The molecule has 6 nitrogen and oxygen atoms in total. The Bertz CT molecular complexity index is 882. The molecule has 140 valence electrons. The van der Waals surface area contributed by atoms with Crippen molar-refractivity contribution in [2.24, 2.45) is 0 Å². The first-order chi connectivity index (χ1) is 12.5. The minimum absolute atomic E-state index is 0.00140. The van der Waals surface area contributed by atoms with E-state index in [0.29, 0.717) is 6.54 Å². The lowest BCUT2D eigenvalue weighted by atomic mass is 10.1. The number of benzene rings is 2. The van der Waals surface area contributed by atoms with Crippen molar-refractivity contribution in [2.45, 2.75) is 17.7 Å². The Hall–Kier alpha value is -1.96. The fourth-order valence-electron chi connectivity index (χ4n) is 3.16. The average molecular weight is 375 g/mol. The number of carbonyl (C=O) groups excluding carboxylic acids is 1. The molecule has 1 aliphatic heterocycles. The van der Waals surface area contributed by atoms with Gasteiger partial charge in [-0.1, -0.05) is 30.3 Å². The maximum atomic E-state index is 12.5. The van der Waals surface area contributed by atoms with Gasteiger partial charge in [0.15, 0.2) is 0 Å². The van der Waals surface area contributed by atoms with Crippen molar-refractivity contribution in [3.05, 3.63) is 42.5 Å². The van der Waals surface area contributed by atoms with E-state index in [1.54, 1.807) is 18.2 Å². The lowest BCUT2D eigenvalue weighted by Crippen LogP contribution is -2.36. The van der Waals surface area contributed by atoms with Crippen LogP contribution in [-0.2, 0) is 14.8 Å². The molecule has 0 radical (unpaired) electrons. The minimum Gasteiger partial charge on any atom is -0.341 e. The normalized spacial score (nSPS) is 16.6. The van der Waals surface area contributed by atoms with E-state index in [-0.39, 0.29) is 23.8 Å². The van der Waals surface area contributed by atoms with Gasteiger partial charge >= 0.3 is 0 Å². The van der Waals surface area contributed by atoms with Crippen LogP contribution in [0.25, 0.3) is 10.8 Å². The molecule has 2 aromatic rings. The Morgan fingerprint density at radius 2 is 1.81 bits per heavy atom. The van der Waals surface area contributed by atoms with Gasteiger partial charge in [0.25, 0.3) is 0 Å². The predicted molar refractivity (Wildman–Crippen MR) is 102 cm³/mol. The highest BCUT2D eigenvalue weighted by atomic mass is 32.2. The predicted octanol–water partition coefficient (Wildman–Crippen LogP) is 1.67. The van der Waals surface area contributed by atoms with Crippen LogP contribution in [0.15, 0.2) is 47.4 Å². The molecule has 2 aromatic carbocycles. The van der Waals surface area contributed by atoms with Crippen LogP contribution in [0.4, 0.5) is 0 Å². The molecule has 0 bridgehead atoms. The molecule has 1 N–H and O–H groups in total. The SMILES string of the molecule is CN1CCCN(C(=O)CCNS(=O)(=O)c2ccc3ccccc3c2)CC1. The number of nitrogens with zero attached hydrogens (tertiary/aromatic N) is 2. The van der Waals surface area contributed by atoms with Crippen LogP contribution in [0, 0.1) is 0 Å². The summed E-state index contributed by atoms with van der Waals surface area (Å²) in [6.07, 6.45) is 1.13. The molecule has 26 heavy (non-hydrogen) atoms. The zero-order valence-electron chi connectivity index (χ0n) is 15.0. The Morgan fingerprint density at radius 1 is 1.04 bits per heavy atom. The third-order valence-corrected chi connectivity index (χ3v) is 6.19. The molecule has 1 aliphatic rings. The number of amides is 1. The Morgan fingerprint density at radius 3 is 2.62 bits per heavy atom. The summed E-state index contributed by atoms with van der Waals surface area (Å²) in [4.78, 5) is 16.6. The lowest BCUT2D eigenvalue weighted by Gasteiger charge is -2.20. The molecule has 1 fully saturated rings. The number of nitrogens with one attached hydrogen (secondary N) is 1. The van der Waals surface area contributed by atoms with Crippen molar-refractivity contribution in [1.29, 1.82) is 0 Å². The summed E-state index contributed by atoms with van der Waals surface area (Å²) in [5.41, 5.74) is 0. The van der Waals surface area contributed by atoms with Gasteiger partial charge in [0.05, 0.1) is 4.90 Å². The van der Waals surface area contributed by atoms with Gasteiger partial charge in [-0.3, -0.25) is 4.79 Å². The number of carbonyl (C=O) groups is 1. The molecule has 1 saturated heterocycles. The van der Waals surface area contributed by atoms with Crippen LogP contribution >= 0.6 is 0 Å². The number of sulfonamides is 1. The van der Waals surface area contributed by atoms with E-state index in [0.717, 1.165) is 36.8 Å². The first kappa shape index (κ1) is 18.8. The zero-order valence-corrected chi connectivity index (χ0v) is 15.8. The standard InChI is InChI=1S/C19H25N3O3S/c1-21-11-4-12-22(14-13-21)19(23)9-10-20-26(24,25)18-8-7-16-5-2-3-6-17(16)15-18/h2-3,5-8,15,20H,4,9-14H2,1H3. The molecule has 3 rings (SSSR count). The van der Waals surface area contributed by atoms with Crippen LogP contribution in [0.2, 0.25) is 0 Å². The quantitative estimate of drug-likeness (QED) is 0.863. The van der Waals surface area contributed by atoms with Crippen LogP contribution in [0.1, 0.15) is 12.8 Å². The number of hydrogen-bond acceptors (Lipinski definition) is 4. The van der Waals surface area contributed by atoms with E-state index >= 15 is 0 Å². The van der Waals surface area contributed by atoms with Gasteiger partial charge in [0.1, 0.15) is 0 Å². The molecule has 0 aromatic heterocycles. The monoisotopic (exact) mass is 375 g/mol. The Balaban J connectivity index is 1.58.